The molecule has 2 aromatic heterocycles. The van der Waals surface area contributed by atoms with Crippen LogP contribution >= 0.6 is 34.8 Å². The Balaban J connectivity index is 1.68. The molecule has 2 atom stereocenters. The molecule has 1 fully saturated rings. The number of hydrazone groups is 1. The lowest BCUT2D eigenvalue weighted by molar-refractivity contribution is 0.0950. The van der Waals surface area contributed by atoms with E-state index < -0.39 is 5.91 Å². The van der Waals surface area contributed by atoms with Crippen LogP contribution in [0.1, 0.15) is 41.3 Å². The number of carbonyl (C=O) groups excluding carboxylic acids is 1. The van der Waals surface area contributed by atoms with E-state index in [0.29, 0.717) is 17.6 Å². The number of hydrogen-bond acceptors (Lipinski definition) is 5. The van der Waals surface area contributed by atoms with Gasteiger partial charge in [0.15, 0.2) is 10.8 Å². The summed E-state index contributed by atoms with van der Waals surface area (Å²) in [7, 11) is 0. The van der Waals surface area contributed by atoms with Gasteiger partial charge in [-0.25, -0.2) is 10.4 Å². The van der Waals surface area contributed by atoms with Crippen molar-refractivity contribution in [2.75, 3.05) is 5.73 Å². The summed E-state index contributed by atoms with van der Waals surface area (Å²) >= 11 is 17.6. The van der Waals surface area contributed by atoms with Gasteiger partial charge in [-0.05, 0) is 24.5 Å². The van der Waals surface area contributed by atoms with Gasteiger partial charge in [-0.1, -0.05) is 41.7 Å². The van der Waals surface area contributed by atoms with Crippen LogP contribution in [0.2, 0.25) is 15.2 Å². The molecule has 0 radical (unpaired) electrons. The maximum atomic E-state index is 12.1. The molecular formula is C15H13Cl3N4O2. The Morgan fingerprint density at radius 1 is 1.42 bits per heavy atom. The van der Waals surface area contributed by atoms with Crippen molar-refractivity contribution in [2.24, 2.45) is 11.0 Å². The summed E-state index contributed by atoms with van der Waals surface area (Å²) < 4.78 is 5.64. The molecule has 1 saturated carbocycles. The highest BCUT2D eigenvalue weighted by Crippen LogP contribution is 2.47. The lowest BCUT2D eigenvalue weighted by Crippen LogP contribution is -2.20. The molecule has 9 heteroatoms. The molecule has 2 aromatic rings. The van der Waals surface area contributed by atoms with E-state index in [-0.39, 0.29) is 26.6 Å². The summed E-state index contributed by atoms with van der Waals surface area (Å²) in [6.07, 6.45) is 2.52. The molecule has 126 valence electrons. The second kappa shape index (κ2) is 6.63. The molecule has 3 rings (SSSR count). The Kier molecular flexibility index (Phi) is 4.71. The molecule has 0 unspecified atom stereocenters. The van der Waals surface area contributed by atoms with E-state index in [0.717, 1.165) is 12.2 Å². The quantitative estimate of drug-likeness (QED) is 0.469. The summed E-state index contributed by atoms with van der Waals surface area (Å²) in [5.74, 6) is 1.93. The number of halogens is 3. The Morgan fingerprint density at radius 2 is 2.12 bits per heavy atom. The molecule has 1 aliphatic rings. The van der Waals surface area contributed by atoms with Gasteiger partial charge >= 0.3 is 0 Å². The zero-order valence-electron chi connectivity index (χ0n) is 12.5. The first-order valence-electron chi connectivity index (χ1n) is 7.11. The second-order valence-corrected chi connectivity index (χ2v) is 6.67. The van der Waals surface area contributed by atoms with Gasteiger partial charge in [-0.3, -0.25) is 4.79 Å². The fourth-order valence-electron chi connectivity index (χ4n) is 2.24. The van der Waals surface area contributed by atoms with E-state index in [9.17, 15) is 4.79 Å². The highest BCUT2D eigenvalue weighted by Gasteiger charge is 2.36. The van der Waals surface area contributed by atoms with Crippen LogP contribution in [-0.4, -0.2) is 17.1 Å². The van der Waals surface area contributed by atoms with Gasteiger partial charge in [0.25, 0.3) is 5.91 Å². The Labute approximate surface area is 153 Å². The highest BCUT2D eigenvalue weighted by atomic mass is 35.5. The van der Waals surface area contributed by atoms with Gasteiger partial charge in [-0.15, -0.1) is 0 Å². The van der Waals surface area contributed by atoms with Crippen molar-refractivity contribution in [3.63, 3.8) is 0 Å². The van der Waals surface area contributed by atoms with Crippen LogP contribution in [0.5, 0.6) is 0 Å². The fraction of sp³-hybridized carbons (Fsp3) is 0.267. The van der Waals surface area contributed by atoms with Crippen molar-refractivity contribution in [1.82, 2.24) is 10.4 Å². The molecule has 0 aromatic carbocycles. The van der Waals surface area contributed by atoms with Crippen molar-refractivity contribution in [2.45, 2.75) is 19.3 Å². The number of aromatic nitrogens is 1. The van der Waals surface area contributed by atoms with Crippen LogP contribution in [0.3, 0.4) is 0 Å². The summed E-state index contributed by atoms with van der Waals surface area (Å²) in [6, 6.07) is 3.70. The molecule has 0 spiro atoms. The lowest BCUT2D eigenvalue weighted by Gasteiger charge is -2.07. The zero-order valence-corrected chi connectivity index (χ0v) is 14.8. The van der Waals surface area contributed by atoms with E-state index >= 15 is 0 Å². The normalized spacial score (nSPS) is 19.7. The van der Waals surface area contributed by atoms with Crippen molar-refractivity contribution in [3.8, 4) is 0 Å². The molecule has 0 bridgehead atoms. The predicted molar refractivity (Wildman–Crippen MR) is 94.0 cm³/mol. The summed E-state index contributed by atoms with van der Waals surface area (Å²) in [5, 5.41) is 3.63. The molecule has 1 amide bonds. The SMILES string of the molecule is C[C@@H]1C[C@H]1c1ccc(/C=N\NC(=O)c2nc(Cl)c(Cl)c(N)c2Cl)o1. The standard InChI is InChI=1S/C15H13Cl3N4O2/c1-6-4-8(6)9-3-2-7(24-9)5-20-22-15(23)13-10(16)12(19)11(17)14(18)21-13/h2-3,5-6,8H,4H2,1H3,(H2,19,21)(H,22,23)/b20-5-/t6-,8-/m1/s1. The first-order valence-corrected chi connectivity index (χ1v) is 8.25. The van der Waals surface area contributed by atoms with Gasteiger partial charge in [0.2, 0.25) is 0 Å². The maximum Gasteiger partial charge on any atom is 0.291 e. The van der Waals surface area contributed by atoms with Crippen LogP contribution in [-0.2, 0) is 0 Å². The number of amides is 1. The Morgan fingerprint density at radius 3 is 2.79 bits per heavy atom. The van der Waals surface area contributed by atoms with Crippen molar-refractivity contribution < 1.29 is 9.21 Å². The third-order valence-electron chi connectivity index (χ3n) is 3.77. The first-order chi connectivity index (χ1) is 11.4. The second-order valence-electron chi connectivity index (χ2n) is 5.55. The molecule has 0 saturated heterocycles. The average molecular weight is 388 g/mol. The first kappa shape index (κ1) is 17.1. The monoisotopic (exact) mass is 386 g/mol. The van der Waals surface area contributed by atoms with Crippen LogP contribution in [0, 0.1) is 5.92 Å². The van der Waals surface area contributed by atoms with Gasteiger partial charge in [0, 0.05) is 5.92 Å². The number of nitrogens with two attached hydrogens (primary N) is 1. The number of pyridine rings is 1. The van der Waals surface area contributed by atoms with Gasteiger partial charge in [0.1, 0.15) is 16.5 Å². The highest BCUT2D eigenvalue weighted by molar-refractivity contribution is 6.46. The van der Waals surface area contributed by atoms with Crippen LogP contribution in [0.15, 0.2) is 21.7 Å². The fourth-order valence-corrected chi connectivity index (χ4v) is 2.84. The smallest absolute Gasteiger partial charge is 0.291 e. The summed E-state index contributed by atoms with van der Waals surface area (Å²) in [4.78, 5) is 15.9. The molecule has 1 aliphatic carbocycles. The van der Waals surface area contributed by atoms with E-state index in [1.54, 1.807) is 6.07 Å². The van der Waals surface area contributed by atoms with Crippen molar-refractivity contribution in [1.29, 1.82) is 0 Å². The largest absolute Gasteiger partial charge is 0.460 e. The summed E-state index contributed by atoms with van der Waals surface area (Å²) in [6.45, 7) is 2.17. The lowest BCUT2D eigenvalue weighted by atomic mass is 10.3. The number of furan rings is 1. The predicted octanol–water partition coefficient (Wildman–Crippen LogP) is 4.10. The summed E-state index contributed by atoms with van der Waals surface area (Å²) in [5.41, 5.74) is 7.79. The number of rotatable bonds is 4. The van der Waals surface area contributed by atoms with Crippen molar-refractivity contribution >= 4 is 52.6 Å². The van der Waals surface area contributed by atoms with Gasteiger partial charge in [0.05, 0.1) is 16.9 Å². The van der Waals surface area contributed by atoms with E-state index in [4.69, 9.17) is 45.0 Å². The molecule has 3 N–H and O–H groups in total. The Bertz CT molecular complexity index is 834. The molecule has 2 heterocycles. The van der Waals surface area contributed by atoms with E-state index in [1.165, 1.54) is 6.21 Å². The van der Waals surface area contributed by atoms with Crippen LogP contribution < -0.4 is 11.2 Å². The number of carbonyl (C=O) groups is 1. The van der Waals surface area contributed by atoms with E-state index in [1.807, 2.05) is 6.07 Å². The molecule has 6 nitrogen and oxygen atoms in total. The average Bonchev–Trinajstić information content (AvgIpc) is 3.09. The third kappa shape index (κ3) is 3.36. The zero-order chi connectivity index (χ0) is 17.4. The molecule has 24 heavy (non-hydrogen) atoms. The van der Waals surface area contributed by atoms with Gasteiger partial charge < -0.3 is 10.2 Å². The van der Waals surface area contributed by atoms with Crippen molar-refractivity contribution in [3.05, 3.63) is 44.5 Å². The molecule has 0 aliphatic heterocycles. The van der Waals surface area contributed by atoms with Crippen LogP contribution in [0.25, 0.3) is 0 Å². The number of hydrogen-bond donors (Lipinski definition) is 2. The maximum absolute atomic E-state index is 12.1. The minimum Gasteiger partial charge on any atom is -0.460 e. The number of nitrogen functional groups attached to an aromatic ring is 1. The number of anilines is 1. The number of nitrogens with one attached hydrogen (secondary N) is 1. The van der Waals surface area contributed by atoms with Gasteiger partial charge in [-0.2, -0.15) is 5.10 Å². The van der Waals surface area contributed by atoms with E-state index in [2.05, 4.69) is 22.4 Å². The van der Waals surface area contributed by atoms with Crippen LogP contribution in [0.4, 0.5) is 5.69 Å². The Hall–Kier alpha value is -1.76. The third-order valence-corrected chi connectivity index (χ3v) is 4.90. The minimum absolute atomic E-state index is 0.000799. The molecular weight excluding hydrogens is 375 g/mol. The minimum atomic E-state index is -0.663. The number of nitrogens with zero attached hydrogens (tertiary/aromatic N) is 2. The topological polar surface area (TPSA) is 93.5 Å².